The van der Waals surface area contributed by atoms with E-state index in [1.54, 1.807) is 41.6 Å². The lowest BCUT2D eigenvalue weighted by molar-refractivity contribution is 0.626. The van der Waals surface area contributed by atoms with E-state index in [-0.39, 0.29) is 5.82 Å². The molecular formula is C15H9FN6S. The van der Waals surface area contributed by atoms with Gasteiger partial charge in [0.15, 0.2) is 0 Å². The minimum Gasteiger partial charge on any atom is -0.261 e. The molecule has 4 rings (SSSR count). The zero-order valence-corrected chi connectivity index (χ0v) is 12.5. The van der Waals surface area contributed by atoms with Crippen LogP contribution >= 0.6 is 11.3 Å². The molecule has 0 saturated heterocycles. The quantitative estimate of drug-likeness (QED) is 0.579. The van der Waals surface area contributed by atoms with E-state index in [2.05, 4.69) is 25.3 Å². The third-order valence-corrected chi connectivity index (χ3v) is 4.00. The van der Waals surface area contributed by atoms with E-state index in [1.807, 2.05) is 5.38 Å². The number of halogens is 1. The van der Waals surface area contributed by atoms with Crippen LogP contribution in [0.15, 0.2) is 54.4 Å². The van der Waals surface area contributed by atoms with Crippen LogP contribution in [0.2, 0.25) is 0 Å². The van der Waals surface area contributed by atoms with E-state index < -0.39 is 0 Å². The summed E-state index contributed by atoms with van der Waals surface area (Å²) < 4.78 is 14.6. The summed E-state index contributed by atoms with van der Waals surface area (Å²) in [4.78, 5) is 12.8. The van der Waals surface area contributed by atoms with E-state index in [4.69, 9.17) is 0 Å². The molecule has 0 bridgehead atoms. The molecule has 0 aliphatic heterocycles. The molecule has 0 amide bonds. The van der Waals surface area contributed by atoms with Crippen LogP contribution in [0.5, 0.6) is 0 Å². The van der Waals surface area contributed by atoms with Gasteiger partial charge < -0.3 is 0 Å². The van der Waals surface area contributed by atoms with Gasteiger partial charge in [0.05, 0.1) is 18.1 Å². The van der Waals surface area contributed by atoms with Crippen LogP contribution in [0, 0.1) is 5.82 Å². The summed E-state index contributed by atoms with van der Waals surface area (Å²) >= 11 is 1.46. The van der Waals surface area contributed by atoms with Crippen LogP contribution in [0.3, 0.4) is 0 Å². The number of hydrogen-bond acceptors (Lipinski definition) is 6. The van der Waals surface area contributed by atoms with Gasteiger partial charge in [-0.25, -0.2) is 14.1 Å². The maximum absolute atomic E-state index is 13.0. The smallest absolute Gasteiger partial charge is 0.144 e. The summed E-state index contributed by atoms with van der Waals surface area (Å²) in [5.41, 5.74) is 2.80. The molecule has 0 aliphatic rings. The highest BCUT2D eigenvalue weighted by atomic mass is 32.1. The van der Waals surface area contributed by atoms with Gasteiger partial charge in [-0.1, -0.05) is 5.21 Å². The van der Waals surface area contributed by atoms with Gasteiger partial charge >= 0.3 is 0 Å². The molecule has 0 aliphatic carbocycles. The Morgan fingerprint density at radius 1 is 1.00 bits per heavy atom. The molecule has 0 atom stereocenters. The van der Waals surface area contributed by atoms with Gasteiger partial charge in [-0.2, -0.15) is 0 Å². The van der Waals surface area contributed by atoms with Gasteiger partial charge in [0, 0.05) is 17.8 Å². The zero-order valence-electron chi connectivity index (χ0n) is 11.7. The van der Waals surface area contributed by atoms with Crippen LogP contribution in [-0.4, -0.2) is 29.9 Å². The maximum Gasteiger partial charge on any atom is 0.144 e. The second-order valence-electron chi connectivity index (χ2n) is 4.65. The molecule has 0 spiro atoms. The molecule has 0 saturated carbocycles. The summed E-state index contributed by atoms with van der Waals surface area (Å²) in [5.74, 6) is -0.290. The minimum atomic E-state index is -0.290. The molecule has 0 unspecified atom stereocenters. The van der Waals surface area contributed by atoms with E-state index in [0.717, 1.165) is 16.4 Å². The zero-order chi connectivity index (χ0) is 15.6. The molecule has 3 heterocycles. The summed E-state index contributed by atoms with van der Waals surface area (Å²) in [7, 11) is 0. The molecule has 0 radical (unpaired) electrons. The SMILES string of the molecule is Fc1ccc(-n2cc(-c3csc(-c4cnccn4)n3)nn2)cc1. The molecule has 4 aromatic rings. The lowest BCUT2D eigenvalue weighted by Gasteiger charge is -1.98. The highest BCUT2D eigenvalue weighted by Crippen LogP contribution is 2.26. The van der Waals surface area contributed by atoms with Gasteiger partial charge in [-0.15, -0.1) is 16.4 Å². The fraction of sp³-hybridized carbons (Fsp3) is 0. The molecule has 6 nitrogen and oxygen atoms in total. The number of thiazole rings is 1. The van der Waals surface area contributed by atoms with Crippen molar-refractivity contribution in [2.24, 2.45) is 0 Å². The van der Waals surface area contributed by atoms with E-state index >= 15 is 0 Å². The van der Waals surface area contributed by atoms with Crippen molar-refractivity contribution < 1.29 is 4.39 Å². The Morgan fingerprint density at radius 3 is 2.65 bits per heavy atom. The van der Waals surface area contributed by atoms with Crippen molar-refractivity contribution in [1.29, 1.82) is 0 Å². The van der Waals surface area contributed by atoms with Crippen molar-refractivity contribution in [3.05, 3.63) is 60.3 Å². The van der Waals surface area contributed by atoms with Crippen molar-refractivity contribution in [2.45, 2.75) is 0 Å². The van der Waals surface area contributed by atoms with Gasteiger partial charge in [-0.05, 0) is 24.3 Å². The van der Waals surface area contributed by atoms with Gasteiger partial charge in [-0.3, -0.25) is 9.97 Å². The third-order valence-electron chi connectivity index (χ3n) is 3.13. The van der Waals surface area contributed by atoms with Crippen molar-refractivity contribution in [2.75, 3.05) is 0 Å². The van der Waals surface area contributed by atoms with Gasteiger partial charge in [0.2, 0.25) is 0 Å². The maximum atomic E-state index is 13.0. The minimum absolute atomic E-state index is 0.290. The number of nitrogens with zero attached hydrogens (tertiary/aromatic N) is 6. The van der Waals surface area contributed by atoms with Crippen molar-refractivity contribution in [1.82, 2.24) is 29.9 Å². The van der Waals surface area contributed by atoms with Crippen LogP contribution < -0.4 is 0 Å². The second-order valence-corrected chi connectivity index (χ2v) is 5.51. The Labute approximate surface area is 134 Å². The Balaban J connectivity index is 1.65. The second kappa shape index (κ2) is 5.65. The lowest BCUT2D eigenvalue weighted by atomic mass is 10.3. The molecule has 3 aromatic heterocycles. The Bertz CT molecular complexity index is 932. The van der Waals surface area contributed by atoms with Crippen LogP contribution in [-0.2, 0) is 0 Å². The molecule has 0 N–H and O–H groups in total. The molecule has 23 heavy (non-hydrogen) atoms. The lowest BCUT2D eigenvalue weighted by Crippen LogP contribution is -1.94. The first-order chi connectivity index (χ1) is 11.3. The van der Waals surface area contributed by atoms with Crippen molar-refractivity contribution >= 4 is 11.3 Å². The average Bonchev–Trinajstić information content (AvgIpc) is 3.26. The summed E-state index contributed by atoms with van der Waals surface area (Å²) in [6.07, 6.45) is 6.66. The highest BCUT2D eigenvalue weighted by molar-refractivity contribution is 7.13. The Morgan fingerprint density at radius 2 is 1.87 bits per heavy atom. The third kappa shape index (κ3) is 2.71. The van der Waals surface area contributed by atoms with E-state index in [1.165, 1.54) is 23.5 Å². The molecule has 1 aromatic carbocycles. The summed E-state index contributed by atoms with van der Waals surface area (Å²) in [5, 5.41) is 10.8. The first kappa shape index (κ1) is 13.6. The average molecular weight is 324 g/mol. The topological polar surface area (TPSA) is 69.4 Å². The number of benzene rings is 1. The molecular weight excluding hydrogens is 315 g/mol. The van der Waals surface area contributed by atoms with Crippen LogP contribution in [0.1, 0.15) is 0 Å². The Hall–Kier alpha value is -3.00. The number of rotatable bonds is 3. The first-order valence-corrected chi connectivity index (χ1v) is 7.58. The molecule has 8 heteroatoms. The fourth-order valence-corrected chi connectivity index (χ4v) is 2.79. The Kier molecular flexibility index (Phi) is 3.35. The molecule has 0 fully saturated rings. The summed E-state index contributed by atoms with van der Waals surface area (Å²) in [6, 6.07) is 6.04. The van der Waals surface area contributed by atoms with E-state index in [0.29, 0.717) is 11.4 Å². The fourth-order valence-electron chi connectivity index (χ4n) is 2.02. The predicted molar refractivity (Wildman–Crippen MR) is 83.5 cm³/mol. The number of aromatic nitrogens is 6. The van der Waals surface area contributed by atoms with E-state index in [9.17, 15) is 4.39 Å². The van der Waals surface area contributed by atoms with Crippen LogP contribution in [0.25, 0.3) is 27.8 Å². The first-order valence-electron chi connectivity index (χ1n) is 6.70. The van der Waals surface area contributed by atoms with Crippen molar-refractivity contribution in [3.8, 4) is 27.8 Å². The van der Waals surface area contributed by atoms with Gasteiger partial charge in [0.25, 0.3) is 0 Å². The van der Waals surface area contributed by atoms with Gasteiger partial charge in [0.1, 0.15) is 27.9 Å². The molecule has 112 valence electrons. The van der Waals surface area contributed by atoms with Crippen LogP contribution in [0.4, 0.5) is 4.39 Å². The monoisotopic (exact) mass is 324 g/mol. The largest absolute Gasteiger partial charge is 0.261 e. The standard InChI is InChI=1S/C15H9FN6S/c16-10-1-3-11(4-2-10)22-8-13(20-21-22)14-9-23-15(19-14)12-7-17-5-6-18-12/h1-9H. The van der Waals surface area contributed by atoms with Crippen molar-refractivity contribution in [3.63, 3.8) is 0 Å². The number of hydrogen-bond donors (Lipinski definition) is 0. The summed E-state index contributed by atoms with van der Waals surface area (Å²) in [6.45, 7) is 0. The highest BCUT2D eigenvalue weighted by Gasteiger charge is 2.11. The predicted octanol–water partition coefficient (Wildman–Crippen LogP) is 2.99. The normalized spacial score (nSPS) is 10.8.